The second-order valence-electron chi connectivity index (χ2n) is 5.09. The van der Waals surface area contributed by atoms with E-state index in [1.807, 2.05) is 30.5 Å². The number of aliphatic hydroxyl groups is 1. The molecule has 2 heterocycles. The molecule has 1 aromatic carbocycles. The average Bonchev–Trinajstić information content (AvgIpc) is 3.08. The summed E-state index contributed by atoms with van der Waals surface area (Å²) < 4.78 is 7.48. The van der Waals surface area contributed by atoms with Crippen LogP contribution in [-0.4, -0.2) is 19.6 Å². The van der Waals surface area contributed by atoms with Gasteiger partial charge in [0.05, 0.1) is 17.9 Å². The fourth-order valence-electron chi connectivity index (χ4n) is 2.32. The molecule has 0 saturated heterocycles. The summed E-state index contributed by atoms with van der Waals surface area (Å²) in [6.45, 7) is 4.31. The molecule has 3 aromatic rings. The van der Waals surface area contributed by atoms with Crippen molar-refractivity contribution in [2.24, 2.45) is 0 Å². The Morgan fingerprint density at radius 2 is 1.91 bits per heavy atom. The van der Waals surface area contributed by atoms with Crippen molar-refractivity contribution in [3.63, 3.8) is 0 Å². The maximum Gasteiger partial charge on any atom is 0.226 e. The van der Waals surface area contributed by atoms with Gasteiger partial charge >= 0.3 is 0 Å². The molecule has 0 radical (unpaired) electrons. The number of aryl methyl sites for hydroxylation is 1. The van der Waals surface area contributed by atoms with Gasteiger partial charge in [-0.2, -0.15) is 0 Å². The van der Waals surface area contributed by atoms with Crippen molar-refractivity contribution in [2.75, 3.05) is 0 Å². The minimum atomic E-state index is -0.101. The number of aromatic nitrogens is 3. The summed E-state index contributed by atoms with van der Waals surface area (Å²) in [6, 6.07) is 7.33. The van der Waals surface area contributed by atoms with Gasteiger partial charge in [-0.15, -0.1) is 0 Å². The Hall–Kier alpha value is -2.11. The lowest BCUT2D eigenvalue weighted by atomic mass is 10.2. The molecular formula is C16H16ClN3O2. The molecule has 114 valence electrons. The van der Waals surface area contributed by atoms with E-state index in [1.165, 1.54) is 0 Å². The second-order valence-corrected chi connectivity index (χ2v) is 5.53. The van der Waals surface area contributed by atoms with Crippen LogP contribution in [0.15, 0.2) is 34.9 Å². The van der Waals surface area contributed by atoms with Crippen molar-refractivity contribution < 1.29 is 9.52 Å². The first-order valence-electron chi connectivity index (χ1n) is 6.92. The van der Waals surface area contributed by atoms with Crippen molar-refractivity contribution >= 4 is 11.6 Å². The van der Waals surface area contributed by atoms with Crippen LogP contribution in [0.25, 0.3) is 11.5 Å². The summed E-state index contributed by atoms with van der Waals surface area (Å²) >= 11 is 5.88. The Bertz CT molecular complexity index is 790. The largest absolute Gasteiger partial charge is 0.444 e. The summed E-state index contributed by atoms with van der Waals surface area (Å²) in [4.78, 5) is 8.83. The number of imidazole rings is 1. The van der Waals surface area contributed by atoms with Crippen molar-refractivity contribution in [3.05, 3.63) is 58.5 Å². The molecule has 6 heteroatoms. The van der Waals surface area contributed by atoms with Crippen molar-refractivity contribution in [1.29, 1.82) is 0 Å². The van der Waals surface area contributed by atoms with Gasteiger partial charge in [0.1, 0.15) is 18.7 Å². The molecular weight excluding hydrogens is 302 g/mol. The van der Waals surface area contributed by atoms with Crippen molar-refractivity contribution in [2.45, 2.75) is 27.0 Å². The van der Waals surface area contributed by atoms with E-state index < -0.39 is 0 Å². The lowest BCUT2D eigenvalue weighted by Crippen LogP contribution is -2.07. The quantitative estimate of drug-likeness (QED) is 0.801. The van der Waals surface area contributed by atoms with E-state index >= 15 is 0 Å². The molecule has 0 aliphatic rings. The summed E-state index contributed by atoms with van der Waals surface area (Å²) in [6.07, 6.45) is 1.62. The van der Waals surface area contributed by atoms with E-state index in [0.717, 1.165) is 22.6 Å². The van der Waals surface area contributed by atoms with Crippen LogP contribution in [0.1, 0.15) is 22.9 Å². The van der Waals surface area contributed by atoms with Crippen LogP contribution >= 0.6 is 11.6 Å². The van der Waals surface area contributed by atoms with Crippen LogP contribution in [0.5, 0.6) is 0 Å². The predicted octanol–water partition coefficient (Wildman–Crippen LogP) is 3.35. The second kappa shape index (κ2) is 5.94. The average molecular weight is 318 g/mol. The van der Waals surface area contributed by atoms with Gasteiger partial charge in [0.2, 0.25) is 5.89 Å². The molecule has 5 nitrogen and oxygen atoms in total. The van der Waals surface area contributed by atoms with Gasteiger partial charge in [-0.05, 0) is 38.1 Å². The molecule has 0 fully saturated rings. The van der Waals surface area contributed by atoms with Crippen LogP contribution in [0, 0.1) is 13.8 Å². The van der Waals surface area contributed by atoms with Crippen LogP contribution in [0.3, 0.4) is 0 Å². The zero-order valence-corrected chi connectivity index (χ0v) is 13.1. The van der Waals surface area contributed by atoms with E-state index in [0.29, 0.717) is 23.3 Å². The number of benzene rings is 1. The number of hydrogen-bond donors (Lipinski definition) is 1. The minimum absolute atomic E-state index is 0.101. The van der Waals surface area contributed by atoms with Gasteiger partial charge in [-0.25, -0.2) is 9.97 Å². The predicted molar refractivity (Wildman–Crippen MR) is 83.7 cm³/mol. The highest BCUT2D eigenvalue weighted by Gasteiger charge is 2.13. The van der Waals surface area contributed by atoms with Gasteiger partial charge in [-0.3, -0.25) is 0 Å². The third-order valence-electron chi connectivity index (χ3n) is 3.64. The summed E-state index contributed by atoms with van der Waals surface area (Å²) in [5.41, 5.74) is 3.57. The van der Waals surface area contributed by atoms with E-state index in [2.05, 4.69) is 9.97 Å². The van der Waals surface area contributed by atoms with Crippen LogP contribution < -0.4 is 0 Å². The molecule has 1 N–H and O–H groups in total. The Labute approximate surface area is 133 Å². The molecule has 2 aromatic heterocycles. The fraction of sp³-hybridized carbons (Fsp3) is 0.250. The van der Waals surface area contributed by atoms with E-state index in [1.54, 1.807) is 18.4 Å². The van der Waals surface area contributed by atoms with Crippen molar-refractivity contribution in [1.82, 2.24) is 14.5 Å². The Morgan fingerprint density at radius 1 is 1.18 bits per heavy atom. The van der Waals surface area contributed by atoms with Gasteiger partial charge < -0.3 is 14.1 Å². The molecule has 0 atom stereocenters. The lowest BCUT2D eigenvalue weighted by molar-refractivity contribution is 0.265. The van der Waals surface area contributed by atoms with E-state index in [9.17, 15) is 5.11 Å². The number of hydrogen-bond acceptors (Lipinski definition) is 4. The van der Waals surface area contributed by atoms with Crippen LogP contribution in [0.4, 0.5) is 0 Å². The Morgan fingerprint density at radius 3 is 2.59 bits per heavy atom. The number of aliphatic hydroxyl groups excluding tert-OH is 1. The van der Waals surface area contributed by atoms with Crippen LogP contribution in [0.2, 0.25) is 5.02 Å². The molecule has 0 aliphatic heterocycles. The smallest absolute Gasteiger partial charge is 0.226 e. The monoisotopic (exact) mass is 317 g/mol. The first-order valence-corrected chi connectivity index (χ1v) is 7.30. The molecule has 0 bridgehead atoms. The topological polar surface area (TPSA) is 64.1 Å². The number of oxazole rings is 1. The van der Waals surface area contributed by atoms with Gasteiger partial charge in [-0.1, -0.05) is 11.6 Å². The standard InChI is InChI=1S/C16H16ClN3O2/c1-10-11(2)20(15(8-21)18-10)7-14-9-22-16(19-14)12-3-5-13(17)6-4-12/h3-6,9,21H,7-8H2,1-2H3. The van der Waals surface area contributed by atoms with E-state index in [-0.39, 0.29) is 6.61 Å². The number of nitrogens with zero attached hydrogens (tertiary/aromatic N) is 3. The molecule has 0 saturated carbocycles. The Kier molecular flexibility index (Phi) is 4.00. The van der Waals surface area contributed by atoms with Crippen LogP contribution in [-0.2, 0) is 13.2 Å². The summed E-state index contributed by atoms with van der Waals surface area (Å²) in [7, 11) is 0. The molecule has 0 amide bonds. The SMILES string of the molecule is Cc1nc(CO)n(Cc2coc(-c3ccc(Cl)cc3)n2)c1C. The molecule has 3 rings (SSSR count). The minimum Gasteiger partial charge on any atom is -0.444 e. The van der Waals surface area contributed by atoms with Crippen molar-refractivity contribution in [3.8, 4) is 11.5 Å². The first kappa shape index (κ1) is 14.8. The highest BCUT2D eigenvalue weighted by atomic mass is 35.5. The fourth-order valence-corrected chi connectivity index (χ4v) is 2.45. The van der Waals surface area contributed by atoms with Gasteiger partial charge in [0, 0.05) is 16.3 Å². The maximum atomic E-state index is 9.40. The van der Waals surface area contributed by atoms with Gasteiger partial charge in [0.15, 0.2) is 0 Å². The third kappa shape index (κ3) is 2.77. The third-order valence-corrected chi connectivity index (χ3v) is 3.89. The summed E-state index contributed by atoms with van der Waals surface area (Å²) in [5.74, 6) is 1.18. The highest BCUT2D eigenvalue weighted by molar-refractivity contribution is 6.30. The summed E-state index contributed by atoms with van der Waals surface area (Å²) in [5, 5.41) is 10.1. The highest BCUT2D eigenvalue weighted by Crippen LogP contribution is 2.22. The Balaban J connectivity index is 1.87. The van der Waals surface area contributed by atoms with E-state index in [4.69, 9.17) is 16.0 Å². The zero-order valence-electron chi connectivity index (χ0n) is 12.4. The number of halogens is 1. The molecule has 22 heavy (non-hydrogen) atoms. The molecule has 0 unspecified atom stereocenters. The molecule has 0 spiro atoms. The zero-order chi connectivity index (χ0) is 15.7. The molecule has 0 aliphatic carbocycles. The maximum absolute atomic E-state index is 9.40. The van der Waals surface area contributed by atoms with Gasteiger partial charge in [0.25, 0.3) is 0 Å². The number of rotatable bonds is 4. The normalized spacial score (nSPS) is 11.1. The lowest BCUT2D eigenvalue weighted by Gasteiger charge is -2.06. The first-order chi connectivity index (χ1) is 10.6.